The number of benzene rings is 7. The minimum atomic E-state index is -0.994. The zero-order valence-electron chi connectivity index (χ0n) is 23.1. The highest BCUT2D eigenvalue weighted by molar-refractivity contribution is 6.23. The van der Waals surface area contributed by atoms with Gasteiger partial charge in [0.05, 0.1) is 5.56 Å². The second-order valence-electron chi connectivity index (χ2n) is 10.8. The summed E-state index contributed by atoms with van der Waals surface area (Å²) in [5, 5.41) is 57.9. The van der Waals surface area contributed by atoms with Gasteiger partial charge < -0.3 is 29.9 Å². The Morgan fingerprint density at radius 3 is 1.48 bits per heavy atom. The number of hydrogen-bond acceptors (Lipinski definition) is 6. The lowest BCUT2D eigenvalue weighted by Gasteiger charge is -2.20. The van der Waals surface area contributed by atoms with Crippen molar-refractivity contribution < 1.29 is 29.9 Å². The van der Waals surface area contributed by atoms with Crippen LogP contribution in [0.1, 0.15) is 0 Å². The number of hydrogen-bond donors (Lipinski definition) is 5. The van der Waals surface area contributed by atoms with E-state index in [1.165, 1.54) is 0 Å². The van der Waals surface area contributed by atoms with Crippen molar-refractivity contribution in [2.75, 3.05) is 0 Å². The normalized spacial score (nSPS) is 11.6. The summed E-state index contributed by atoms with van der Waals surface area (Å²) in [6.07, 6.45) is 0. The predicted molar refractivity (Wildman–Crippen MR) is 173 cm³/mol. The first-order chi connectivity index (χ1) is 21.4. The quantitative estimate of drug-likeness (QED) is 0.0813. The average Bonchev–Trinajstić information content (AvgIpc) is 3.45. The molecule has 0 saturated carbocycles. The average molecular weight is 577 g/mol. The highest BCUT2D eigenvalue weighted by Gasteiger charge is 2.28. The van der Waals surface area contributed by atoms with Gasteiger partial charge in [-0.1, -0.05) is 97.1 Å². The molecule has 0 aliphatic heterocycles. The number of fused-ring (bicyclic) bond motifs is 5. The van der Waals surface area contributed by atoms with E-state index in [0.717, 1.165) is 55.0 Å². The van der Waals surface area contributed by atoms with Crippen LogP contribution in [0.25, 0.3) is 76.9 Å². The van der Waals surface area contributed by atoms with E-state index in [9.17, 15) is 25.5 Å². The SMILES string of the molecule is Oc1c(O)c(O)c(-c2c3ccccc3c(-c3cccc(-c4cccc5oc6ccccc6c45)c3)c3ccccc23)c(O)c1O. The first-order valence-electron chi connectivity index (χ1n) is 14.1. The fourth-order valence-electron chi connectivity index (χ4n) is 6.49. The highest BCUT2D eigenvalue weighted by Crippen LogP contribution is 2.57. The maximum Gasteiger partial charge on any atom is 0.208 e. The number of phenols is 5. The van der Waals surface area contributed by atoms with Crippen molar-refractivity contribution in [2.24, 2.45) is 0 Å². The van der Waals surface area contributed by atoms with Crippen LogP contribution in [0.2, 0.25) is 0 Å². The Bertz CT molecular complexity index is 2370. The van der Waals surface area contributed by atoms with Gasteiger partial charge in [-0.3, -0.25) is 0 Å². The second-order valence-corrected chi connectivity index (χ2v) is 10.8. The summed E-state index contributed by atoms with van der Waals surface area (Å²) >= 11 is 0. The molecule has 212 valence electrons. The fourth-order valence-corrected chi connectivity index (χ4v) is 6.49. The van der Waals surface area contributed by atoms with Gasteiger partial charge in [0.15, 0.2) is 11.5 Å². The van der Waals surface area contributed by atoms with E-state index in [2.05, 4.69) is 30.3 Å². The summed E-state index contributed by atoms with van der Waals surface area (Å²) < 4.78 is 6.15. The summed E-state index contributed by atoms with van der Waals surface area (Å²) in [5.74, 6) is -4.29. The Morgan fingerprint density at radius 2 is 0.841 bits per heavy atom. The fraction of sp³-hybridized carbons (Fsp3) is 0. The molecular formula is C38H24O6. The smallest absolute Gasteiger partial charge is 0.208 e. The molecule has 5 N–H and O–H groups in total. The van der Waals surface area contributed by atoms with Crippen molar-refractivity contribution in [3.8, 4) is 62.1 Å². The number of furan rings is 1. The van der Waals surface area contributed by atoms with E-state index in [1.54, 1.807) is 0 Å². The van der Waals surface area contributed by atoms with Crippen molar-refractivity contribution in [1.29, 1.82) is 0 Å². The van der Waals surface area contributed by atoms with Gasteiger partial charge in [0.2, 0.25) is 17.2 Å². The van der Waals surface area contributed by atoms with Gasteiger partial charge in [-0.15, -0.1) is 0 Å². The van der Waals surface area contributed by atoms with Crippen molar-refractivity contribution in [3.63, 3.8) is 0 Å². The maximum atomic E-state index is 11.0. The highest BCUT2D eigenvalue weighted by atomic mass is 16.4. The molecule has 0 amide bonds. The van der Waals surface area contributed by atoms with Gasteiger partial charge in [0.1, 0.15) is 11.2 Å². The molecule has 44 heavy (non-hydrogen) atoms. The van der Waals surface area contributed by atoms with E-state index >= 15 is 0 Å². The zero-order chi connectivity index (χ0) is 30.1. The summed E-state index contributed by atoms with van der Waals surface area (Å²) in [7, 11) is 0. The Balaban J connectivity index is 1.45. The molecule has 0 spiro atoms. The van der Waals surface area contributed by atoms with E-state index < -0.39 is 28.7 Å². The lowest BCUT2D eigenvalue weighted by Crippen LogP contribution is -1.92. The first kappa shape index (κ1) is 25.6. The second kappa shape index (κ2) is 9.44. The first-order valence-corrected chi connectivity index (χ1v) is 14.1. The predicted octanol–water partition coefficient (Wildman–Crippen LogP) is 9.42. The molecule has 0 saturated heterocycles. The van der Waals surface area contributed by atoms with Gasteiger partial charge in [-0.05, 0) is 62.0 Å². The molecule has 0 fully saturated rings. The third-order valence-corrected chi connectivity index (χ3v) is 8.42. The lowest BCUT2D eigenvalue weighted by molar-refractivity contribution is 0.330. The molecule has 0 aliphatic carbocycles. The van der Waals surface area contributed by atoms with Crippen LogP contribution >= 0.6 is 0 Å². The standard InChI is InChI=1S/C38H24O6/c39-34-33(35(40)37(42)38(43)36(34)41)32-25-13-3-1-11-23(25)30(24-12-2-4-14-26(24)32)21-10-7-9-20(19-21)22-16-8-18-29-31(22)27-15-5-6-17-28(27)44-29/h1-19,39-43H. The minimum absolute atomic E-state index is 0.177. The largest absolute Gasteiger partial charge is 0.504 e. The molecule has 0 bridgehead atoms. The van der Waals surface area contributed by atoms with Gasteiger partial charge in [0, 0.05) is 16.3 Å². The van der Waals surface area contributed by atoms with Gasteiger partial charge in [0.25, 0.3) is 0 Å². The molecule has 6 nitrogen and oxygen atoms in total. The van der Waals surface area contributed by atoms with Crippen LogP contribution in [0.3, 0.4) is 0 Å². The molecule has 8 rings (SSSR count). The molecule has 7 aromatic carbocycles. The Labute approximate surface area is 250 Å². The molecular weight excluding hydrogens is 552 g/mol. The topological polar surface area (TPSA) is 114 Å². The Hall–Kier alpha value is -6.14. The van der Waals surface area contributed by atoms with Gasteiger partial charge in [-0.25, -0.2) is 0 Å². The summed E-state index contributed by atoms with van der Waals surface area (Å²) in [4.78, 5) is 0. The van der Waals surface area contributed by atoms with E-state index in [-0.39, 0.29) is 5.56 Å². The van der Waals surface area contributed by atoms with Crippen LogP contribution in [-0.2, 0) is 0 Å². The molecule has 0 atom stereocenters. The van der Waals surface area contributed by atoms with Crippen LogP contribution in [0.4, 0.5) is 0 Å². The molecule has 0 unspecified atom stereocenters. The van der Waals surface area contributed by atoms with Crippen molar-refractivity contribution >= 4 is 43.5 Å². The van der Waals surface area contributed by atoms with Crippen molar-refractivity contribution in [2.45, 2.75) is 0 Å². The number of para-hydroxylation sites is 1. The van der Waals surface area contributed by atoms with Crippen LogP contribution in [-0.4, -0.2) is 25.5 Å². The zero-order valence-corrected chi connectivity index (χ0v) is 23.1. The monoisotopic (exact) mass is 576 g/mol. The summed E-state index contributed by atoms with van der Waals surface area (Å²) in [6.45, 7) is 0. The van der Waals surface area contributed by atoms with Crippen LogP contribution in [0.15, 0.2) is 120 Å². The van der Waals surface area contributed by atoms with E-state index in [1.807, 2.05) is 84.9 Å². The third-order valence-electron chi connectivity index (χ3n) is 8.42. The lowest BCUT2D eigenvalue weighted by atomic mass is 9.84. The molecule has 0 aliphatic rings. The van der Waals surface area contributed by atoms with Crippen molar-refractivity contribution in [1.82, 2.24) is 0 Å². The number of rotatable bonds is 3. The Morgan fingerprint density at radius 1 is 0.364 bits per heavy atom. The molecule has 1 heterocycles. The number of phenolic OH excluding ortho intramolecular Hbond substituents is 5. The molecule has 0 radical (unpaired) electrons. The summed E-state index contributed by atoms with van der Waals surface area (Å²) in [6, 6.07) is 37.6. The Kier molecular flexibility index (Phi) is 5.48. The van der Waals surface area contributed by atoms with Gasteiger partial charge in [-0.2, -0.15) is 0 Å². The van der Waals surface area contributed by atoms with E-state index in [0.29, 0.717) is 16.3 Å². The number of aromatic hydroxyl groups is 5. The van der Waals surface area contributed by atoms with Gasteiger partial charge >= 0.3 is 0 Å². The maximum absolute atomic E-state index is 11.0. The van der Waals surface area contributed by atoms with Crippen LogP contribution < -0.4 is 0 Å². The van der Waals surface area contributed by atoms with Crippen LogP contribution in [0.5, 0.6) is 28.7 Å². The van der Waals surface area contributed by atoms with Crippen LogP contribution in [0, 0.1) is 0 Å². The summed E-state index contributed by atoms with van der Waals surface area (Å²) in [5.41, 5.74) is 5.83. The van der Waals surface area contributed by atoms with E-state index in [4.69, 9.17) is 4.42 Å². The van der Waals surface area contributed by atoms with Crippen molar-refractivity contribution in [3.05, 3.63) is 115 Å². The minimum Gasteiger partial charge on any atom is -0.504 e. The molecule has 1 aromatic heterocycles. The molecule has 6 heteroatoms. The molecule has 8 aromatic rings. The third kappa shape index (κ3) is 3.55.